The smallest absolute Gasteiger partial charge is 0.296 e. The van der Waals surface area contributed by atoms with Gasteiger partial charge in [0.15, 0.2) is 0 Å². The fourth-order valence-corrected chi connectivity index (χ4v) is 3.90. The minimum absolute atomic E-state index is 0.0196. The molecule has 1 N–H and O–H groups in total. The van der Waals surface area contributed by atoms with Gasteiger partial charge in [0.25, 0.3) is 11.7 Å². The Hall–Kier alpha value is -3.51. The van der Waals surface area contributed by atoms with Crippen molar-refractivity contribution in [1.29, 1.82) is 0 Å². The summed E-state index contributed by atoms with van der Waals surface area (Å²) in [5.41, 5.74) is 0.924. The van der Waals surface area contributed by atoms with Gasteiger partial charge in [-0.1, -0.05) is 29.8 Å². The summed E-state index contributed by atoms with van der Waals surface area (Å²) >= 11 is 6.42. The third-order valence-corrected chi connectivity index (χ3v) is 5.43. The van der Waals surface area contributed by atoms with Crippen molar-refractivity contribution in [2.45, 2.75) is 19.5 Å². The second kappa shape index (κ2) is 8.70. The quantitative estimate of drug-likeness (QED) is 0.335. The zero-order valence-corrected chi connectivity index (χ0v) is 17.5. The molecule has 4 rings (SSSR count). The van der Waals surface area contributed by atoms with E-state index < -0.39 is 17.7 Å². The maximum atomic E-state index is 13.0. The van der Waals surface area contributed by atoms with Crippen molar-refractivity contribution in [2.24, 2.45) is 0 Å². The van der Waals surface area contributed by atoms with Crippen LogP contribution in [0.2, 0.25) is 5.02 Å². The molecule has 0 aliphatic carbocycles. The van der Waals surface area contributed by atoms with Crippen molar-refractivity contribution in [3.05, 3.63) is 94.4 Å². The number of halogens is 1. The van der Waals surface area contributed by atoms with Crippen molar-refractivity contribution >= 4 is 29.1 Å². The van der Waals surface area contributed by atoms with Gasteiger partial charge in [0.1, 0.15) is 17.3 Å². The van der Waals surface area contributed by atoms with E-state index in [9.17, 15) is 14.7 Å². The van der Waals surface area contributed by atoms with Gasteiger partial charge < -0.3 is 19.2 Å². The Morgan fingerprint density at radius 2 is 1.84 bits per heavy atom. The van der Waals surface area contributed by atoms with Crippen LogP contribution in [0.4, 0.5) is 0 Å². The average molecular weight is 438 g/mol. The van der Waals surface area contributed by atoms with E-state index in [1.54, 1.807) is 60.7 Å². The summed E-state index contributed by atoms with van der Waals surface area (Å²) in [6, 6.07) is 16.2. The Morgan fingerprint density at radius 1 is 1.10 bits per heavy atom. The van der Waals surface area contributed by atoms with E-state index in [4.69, 9.17) is 20.8 Å². The van der Waals surface area contributed by atoms with E-state index >= 15 is 0 Å². The van der Waals surface area contributed by atoms with Gasteiger partial charge in [0.2, 0.25) is 0 Å². The predicted molar refractivity (Wildman–Crippen MR) is 116 cm³/mol. The SMILES string of the molecule is CCOc1ccc(/C(O)=C2\C(=O)C(=O)N(Cc3ccco3)C2c2ccccc2Cl)cc1. The molecule has 0 radical (unpaired) electrons. The molecule has 3 aromatic rings. The van der Waals surface area contributed by atoms with E-state index in [0.29, 0.717) is 34.3 Å². The van der Waals surface area contributed by atoms with Gasteiger partial charge in [-0.25, -0.2) is 0 Å². The number of likely N-dealkylation sites (tertiary alicyclic amines) is 1. The Kier molecular flexibility index (Phi) is 5.82. The lowest BCUT2D eigenvalue weighted by atomic mass is 9.95. The number of hydrogen-bond acceptors (Lipinski definition) is 5. The highest BCUT2D eigenvalue weighted by Gasteiger charge is 2.47. The highest BCUT2D eigenvalue weighted by Crippen LogP contribution is 2.42. The Morgan fingerprint density at radius 3 is 2.48 bits per heavy atom. The first-order chi connectivity index (χ1) is 15.0. The van der Waals surface area contributed by atoms with Crippen molar-refractivity contribution < 1.29 is 23.8 Å². The van der Waals surface area contributed by atoms with Crippen LogP contribution in [0.15, 0.2) is 76.9 Å². The summed E-state index contributed by atoms with van der Waals surface area (Å²) < 4.78 is 10.8. The van der Waals surface area contributed by atoms with Gasteiger partial charge in [-0.2, -0.15) is 0 Å². The van der Waals surface area contributed by atoms with Crippen LogP contribution in [-0.4, -0.2) is 28.3 Å². The average Bonchev–Trinajstić information content (AvgIpc) is 3.37. The molecular weight excluding hydrogens is 418 g/mol. The molecular formula is C24H20ClNO5. The number of ketones is 1. The first-order valence-electron chi connectivity index (χ1n) is 9.79. The fourth-order valence-electron chi connectivity index (χ4n) is 3.66. The molecule has 0 bridgehead atoms. The van der Waals surface area contributed by atoms with E-state index in [0.717, 1.165) is 0 Å². The number of furan rings is 1. The number of carbonyl (C=O) groups is 2. The standard InChI is InChI=1S/C24H20ClNO5/c1-2-30-16-11-9-15(10-12-16)22(27)20-21(18-7-3-4-8-19(18)25)26(24(29)23(20)28)14-17-6-5-13-31-17/h3-13,21,27H,2,14H2,1H3/b22-20+. The van der Waals surface area contributed by atoms with Crippen molar-refractivity contribution in [3.63, 3.8) is 0 Å². The second-order valence-electron chi connectivity index (χ2n) is 6.99. The molecule has 158 valence electrons. The summed E-state index contributed by atoms with van der Waals surface area (Å²) in [7, 11) is 0. The van der Waals surface area contributed by atoms with Gasteiger partial charge in [0.05, 0.1) is 31.0 Å². The number of rotatable bonds is 6. The number of aliphatic hydroxyl groups excluding tert-OH is 1. The number of ether oxygens (including phenoxy) is 1. The number of hydrogen-bond donors (Lipinski definition) is 1. The molecule has 1 atom stereocenters. The van der Waals surface area contributed by atoms with Crippen LogP contribution >= 0.6 is 11.6 Å². The summed E-state index contributed by atoms with van der Waals surface area (Å²) in [5, 5.41) is 11.5. The zero-order valence-electron chi connectivity index (χ0n) is 16.7. The molecule has 6 nitrogen and oxygen atoms in total. The molecule has 7 heteroatoms. The molecule has 1 saturated heterocycles. The lowest BCUT2D eigenvalue weighted by Gasteiger charge is -2.25. The predicted octanol–water partition coefficient (Wildman–Crippen LogP) is 4.95. The molecule has 1 aliphatic heterocycles. The van der Waals surface area contributed by atoms with Crippen LogP contribution in [0.25, 0.3) is 5.76 Å². The number of nitrogens with zero attached hydrogens (tertiary/aromatic N) is 1. The molecule has 2 heterocycles. The number of carbonyl (C=O) groups excluding carboxylic acids is 2. The zero-order chi connectivity index (χ0) is 22.0. The van der Waals surface area contributed by atoms with Gasteiger partial charge in [-0.15, -0.1) is 0 Å². The lowest BCUT2D eigenvalue weighted by Crippen LogP contribution is -2.29. The molecule has 2 aromatic carbocycles. The van der Waals surface area contributed by atoms with Crippen molar-refractivity contribution in [1.82, 2.24) is 4.90 Å². The van der Waals surface area contributed by atoms with Gasteiger partial charge in [-0.3, -0.25) is 9.59 Å². The van der Waals surface area contributed by atoms with Crippen LogP contribution in [0.1, 0.15) is 29.9 Å². The topological polar surface area (TPSA) is 80.0 Å². The molecule has 1 unspecified atom stereocenters. The van der Waals surface area contributed by atoms with Crippen LogP contribution in [-0.2, 0) is 16.1 Å². The third kappa shape index (κ3) is 3.94. The molecule has 1 aliphatic rings. The van der Waals surface area contributed by atoms with Crippen LogP contribution in [0.3, 0.4) is 0 Å². The summed E-state index contributed by atoms with van der Waals surface area (Å²) in [6.07, 6.45) is 1.50. The number of aliphatic hydroxyl groups is 1. The van der Waals surface area contributed by atoms with Gasteiger partial charge in [-0.05, 0) is 55.0 Å². The minimum atomic E-state index is -0.856. The van der Waals surface area contributed by atoms with E-state index in [1.807, 2.05) is 6.92 Å². The molecule has 1 fully saturated rings. The minimum Gasteiger partial charge on any atom is -0.507 e. The Balaban J connectivity index is 1.84. The lowest BCUT2D eigenvalue weighted by molar-refractivity contribution is -0.140. The third-order valence-electron chi connectivity index (χ3n) is 5.08. The Labute approximate surface area is 184 Å². The van der Waals surface area contributed by atoms with Crippen molar-refractivity contribution in [2.75, 3.05) is 6.61 Å². The van der Waals surface area contributed by atoms with E-state index in [1.165, 1.54) is 11.2 Å². The largest absolute Gasteiger partial charge is 0.507 e. The maximum absolute atomic E-state index is 13.0. The maximum Gasteiger partial charge on any atom is 0.296 e. The molecule has 1 aromatic heterocycles. The first-order valence-corrected chi connectivity index (χ1v) is 10.2. The highest BCUT2D eigenvalue weighted by atomic mass is 35.5. The Bertz CT molecular complexity index is 1140. The van der Waals surface area contributed by atoms with Crippen molar-refractivity contribution in [3.8, 4) is 5.75 Å². The molecule has 1 amide bonds. The first kappa shape index (κ1) is 20.8. The highest BCUT2D eigenvalue weighted by molar-refractivity contribution is 6.46. The van der Waals surface area contributed by atoms with Gasteiger partial charge in [0, 0.05) is 10.6 Å². The van der Waals surface area contributed by atoms with Gasteiger partial charge >= 0.3 is 0 Å². The monoisotopic (exact) mass is 437 g/mol. The molecule has 0 spiro atoms. The summed E-state index contributed by atoms with van der Waals surface area (Å²) in [4.78, 5) is 27.3. The summed E-state index contributed by atoms with van der Waals surface area (Å²) in [5.74, 6) is -0.620. The number of amides is 1. The van der Waals surface area contributed by atoms with E-state index in [-0.39, 0.29) is 17.9 Å². The normalized spacial score (nSPS) is 17.9. The molecule has 31 heavy (non-hydrogen) atoms. The summed E-state index contributed by atoms with van der Waals surface area (Å²) in [6.45, 7) is 2.45. The number of Topliss-reactive ketones (excluding diaryl/α,β-unsaturated/α-hetero) is 1. The van der Waals surface area contributed by atoms with E-state index in [2.05, 4.69) is 0 Å². The molecule has 0 saturated carbocycles. The van der Waals surface area contributed by atoms with Crippen LogP contribution < -0.4 is 4.74 Å². The second-order valence-corrected chi connectivity index (χ2v) is 7.39. The number of benzene rings is 2. The fraction of sp³-hybridized carbons (Fsp3) is 0.167. The van der Waals surface area contributed by atoms with Crippen LogP contribution in [0.5, 0.6) is 5.75 Å². The van der Waals surface area contributed by atoms with Crippen LogP contribution in [0, 0.1) is 0 Å².